The molecule has 2 nitrogen and oxygen atoms in total. The molecule has 0 fully saturated rings. The Bertz CT molecular complexity index is 395. The lowest BCUT2D eigenvalue weighted by atomic mass is 10.1. The Kier molecular flexibility index (Phi) is 6.44. The highest BCUT2D eigenvalue weighted by atomic mass is 32.1. The zero-order valence-corrected chi connectivity index (χ0v) is 12.2. The molecule has 0 amide bonds. The Labute approximate surface area is 115 Å². The van der Waals surface area contributed by atoms with E-state index >= 15 is 0 Å². The van der Waals surface area contributed by atoms with Crippen LogP contribution >= 0.6 is 12.2 Å². The zero-order valence-electron chi connectivity index (χ0n) is 11.3. The van der Waals surface area contributed by atoms with E-state index in [9.17, 15) is 0 Å². The number of rotatable bonds is 7. The summed E-state index contributed by atoms with van der Waals surface area (Å²) in [4.78, 5) is 2.80. The first kappa shape index (κ1) is 14.7. The number of benzene rings is 1. The smallest absolute Gasteiger partial charge is 0.119 e. The molecule has 18 heavy (non-hydrogen) atoms. The average molecular weight is 263 g/mol. The van der Waals surface area contributed by atoms with Gasteiger partial charge < -0.3 is 9.64 Å². The van der Waals surface area contributed by atoms with Gasteiger partial charge in [-0.2, -0.15) is 0 Å². The molecule has 0 heterocycles. The van der Waals surface area contributed by atoms with Gasteiger partial charge in [-0.05, 0) is 48.5 Å². The van der Waals surface area contributed by atoms with Crippen LogP contribution in [0.3, 0.4) is 0 Å². The summed E-state index contributed by atoms with van der Waals surface area (Å²) in [5, 5.41) is 0. The quantitative estimate of drug-likeness (QED) is 0.322. The molecule has 0 unspecified atom stereocenters. The monoisotopic (exact) mass is 263 g/mol. The highest BCUT2D eigenvalue weighted by Crippen LogP contribution is 2.14. The summed E-state index contributed by atoms with van der Waals surface area (Å²) in [5.74, 6) is 0.909. The van der Waals surface area contributed by atoms with Gasteiger partial charge in [-0.3, -0.25) is 0 Å². The fourth-order valence-electron chi connectivity index (χ4n) is 1.36. The lowest BCUT2D eigenvalue weighted by Gasteiger charge is -2.07. The van der Waals surface area contributed by atoms with Crippen LogP contribution in [0.5, 0.6) is 5.75 Å². The molecule has 0 radical (unpaired) electrons. The molecule has 1 aromatic carbocycles. The van der Waals surface area contributed by atoms with Crippen LogP contribution < -0.4 is 4.74 Å². The van der Waals surface area contributed by atoms with E-state index in [2.05, 4.69) is 6.92 Å². The second-order valence-corrected chi connectivity index (χ2v) is 4.81. The third-order valence-electron chi connectivity index (χ3n) is 2.43. The minimum absolute atomic E-state index is 0.779. The molecular weight excluding hydrogens is 242 g/mol. The van der Waals surface area contributed by atoms with Gasteiger partial charge in [-0.1, -0.05) is 25.6 Å². The molecule has 0 N–H and O–H groups in total. The van der Waals surface area contributed by atoms with Crippen LogP contribution in [0, 0.1) is 0 Å². The SMILES string of the molecule is CCCCOc1ccc(C(=S)/C=C/N(C)C)cc1. The van der Waals surface area contributed by atoms with Crippen LogP contribution in [-0.2, 0) is 0 Å². The van der Waals surface area contributed by atoms with Crippen molar-refractivity contribution in [3.63, 3.8) is 0 Å². The number of nitrogens with zero attached hydrogens (tertiary/aromatic N) is 1. The van der Waals surface area contributed by atoms with Gasteiger partial charge in [0.1, 0.15) is 5.75 Å². The van der Waals surface area contributed by atoms with Gasteiger partial charge in [0, 0.05) is 19.0 Å². The number of hydrogen-bond donors (Lipinski definition) is 0. The predicted molar refractivity (Wildman–Crippen MR) is 81.4 cm³/mol. The molecule has 1 aromatic rings. The Morgan fingerprint density at radius 2 is 1.94 bits per heavy atom. The highest BCUT2D eigenvalue weighted by Gasteiger charge is 1.98. The van der Waals surface area contributed by atoms with E-state index in [0.29, 0.717) is 0 Å². The third kappa shape index (κ3) is 5.32. The highest BCUT2D eigenvalue weighted by molar-refractivity contribution is 7.81. The molecule has 0 spiro atoms. The van der Waals surface area contributed by atoms with E-state index < -0.39 is 0 Å². The first-order valence-corrected chi connectivity index (χ1v) is 6.66. The summed E-state index contributed by atoms with van der Waals surface area (Å²) in [6.07, 6.45) is 6.12. The van der Waals surface area contributed by atoms with Gasteiger partial charge in [0.25, 0.3) is 0 Å². The van der Waals surface area contributed by atoms with E-state index in [-0.39, 0.29) is 0 Å². The normalized spacial score (nSPS) is 10.6. The minimum atomic E-state index is 0.779. The van der Waals surface area contributed by atoms with Crippen LogP contribution in [-0.4, -0.2) is 30.5 Å². The lowest BCUT2D eigenvalue weighted by molar-refractivity contribution is 0.309. The zero-order chi connectivity index (χ0) is 13.4. The van der Waals surface area contributed by atoms with Gasteiger partial charge in [-0.15, -0.1) is 0 Å². The van der Waals surface area contributed by atoms with Crippen molar-refractivity contribution in [2.45, 2.75) is 19.8 Å². The minimum Gasteiger partial charge on any atom is -0.494 e. The first-order chi connectivity index (χ1) is 8.63. The van der Waals surface area contributed by atoms with Crippen molar-refractivity contribution in [3.8, 4) is 5.75 Å². The molecule has 0 saturated heterocycles. The van der Waals surface area contributed by atoms with Gasteiger partial charge in [0.15, 0.2) is 0 Å². The second-order valence-electron chi connectivity index (χ2n) is 4.37. The van der Waals surface area contributed by atoms with Crippen molar-refractivity contribution in [1.82, 2.24) is 4.90 Å². The Morgan fingerprint density at radius 3 is 2.50 bits per heavy atom. The fourth-order valence-corrected chi connectivity index (χ4v) is 1.56. The molecule has 0 aliphatic rings. The topological polar surface area (TPSA) is 12.5 Å². The van der Waals surface area contributed by atoms with E-state index in [1.807, 2.05) is 55.5 Å². The van der Waals surface area contributed by atoms with E-state index in [1.165, 1.54) is 0 Å². The molecule has 0 atom stereocenters. The van der Waals surface area contributed by atoms with Crippen molar-refractivity contribution in [1.29, 1.82) is 0 Å². The molecular formula is C15H21NOS. The van der Waals surface area contributed by atoms with Crippen LogP contribution in [0.25, 0.3) is 0 Å². The van der Waals surface area contributed by atoms with E-state index in [0.717, 1.165) is 35.6 Å². The first-order valence-electron chi connectivity index (χ1n) is 6.25. The molecule has 3 heteroatoms. The Morgan fingerprint density at radius 1 is 1.28 bits per heavy atom. The van der Waals surface area contributed by atoms with Gasteiger partial charge in [0.2, 0.25) is 0 Å². The van der Waals surface area contributed by atoms with Crippen molar-refractivity contribution in [2.75, 3.05) is 20.7 Å². The molecule has 98 valence electrons. The Hall–Kier alpha value is -1.35. The number of hydrogen-bond acceptors (Lipinski definition) is 3. The second kappa shape index (κ2) is 7.88. The average Bonchev–Trinajstić information content (AvgIpc) is 2.37. The largest absolute Gasteiger partial charge is 0.494 e. The summed E-state index contributed by atoms with van der Waals surface area (Å²) < 4.78 is 5.61. The molecule has 0 saturated carbocycles. The number of unbranched alkanes of at least 4 members (excludes halogenated alkanes) is 1. The van der Waals surface area contributed by atoms with Crippen molar-refractivity contribution in [3.05, 3.63) is 42.1 Å². The van der Waals surface area contributed by atoms with Crippen molar-refractivity contribution in [2.24, 2.45) is 0 Å². The molecule has 0 bridgehead atoms. The maximum atomic E-state index is 5.61. The summed E-state index contributed by atoms with van der Waals surface area (Å²) in [6.45, 7) is 2.93. The van der Waals surface area contributed by atoms with Crippen LogP contribution in [0.4, 0.5) is 0 Å². The summed E-state index contributed by atoms with van der Waals surface area (Å²) >= 11 is 5.33. The standard InChI is InChI=1S/C15H21NOS/c1-4-5-12-17-14-8-6-13(7-9-14)15(18)10-11-16(2)3/h6-11H,4-5,12H2,1-3H3/b11-10+. The predicted octanol–water partition coefficient (Wildman–Crippen LogP) is 3.66. The number of thiocarbonyl (C=S) groups is 1. The number of allylic oxidation sites excluding steroid dienone is 1. The molecule has 0 aromatic heterocycles. The van der Waals surface area contributed by atoms with Crippen LogP contribution in [0.15, 0.2) is 36.5 Å². The fraction of sp³-hybridized carbons (Fsp3) is 0.400. The van der Waals surface area contributed by atoms with Gasteiger partial charge in [-0.25, -0.2) is 0 Å². The van der Waals surface area contributed by atoms with Gasteiger partial charge in [0.05, 0.1) is 6.61 Å². The number of ether oxygens (including phenoxy) is 1. The maximum Gasteiger partial charge on any atom is 0.119 e. The van der Waals surface area contributed by atoms with Gasteiger partial charge >= 0.3 is 0 Å². The molecule has 0 aliphatic heterocycles. The maximum absolute atomic E-state index is 5.61. The van der Waals surface area contributed by atoms with Crippen LogP contribution in [0.2, 0.25) is 0 Å². The van der Waals surface area contributed by atoms with E-state index in [4.69, 9.17) is 17.0 Å². The molecule has 1 rings (SSSR count). The van der Waals surface area contributed by atoms with Crippen LogP contribution in [0.1, 0.15) is 25.3 Å². The summed E-state index contributed by atoms with van der Waals surface area (Å²) in [5.41, 5.74) is 1.05. The third-order valence-corrected chi connectivity index (χ3v) is 2.80. The Balaban J connectivity index is 2.56. The van der Waals surface area contributed by atoms with E-state index in [1.54, 1.807) is 0 Å². The van der Waals surface area contributed by atoms with Crippen molar-refractivity contribution >= 4 is 17.1 Å². The molecule has 0 aliphatic carbocycles. The summed E-state index contributed by atoms with van der Waals surface area (Å²) in [6, 6.07) is 7.95. The van der Waals surface area contributed by atoms with Crippen molar-refractivity contribution < 1.29 is 4.74 Å². The lowest BCUT2D eigenvalue weighted by Crippen LogP contribution is -2.02. The summed E-state index contributed by atoms with van der Waals surface area (Å²) in [7, 11) is 3.95.